The van der Waals surface area contributed by atoms with Gasteiger partial charge >= 0.3 is 0 Å². The van der Waals surface area contributed by atoms with Crippen LogP contribution in [0.2, 0.25) is 0 Å². The predicted octanol–water partition coefficient (Wildman–Crippen LogP) is 3.73. The zero-order valence-electron chi connectivity index (χ0n) is 9.24. The molecule has 0 heterocycles. The summed E-state index contributed by atoms with van der Waals surface area (Å²) in [4.78, 5) is 11.2. The summed E-state index contributed by atoms with van der Waals surface area (Å²) in [7, 11) is 0. The van der Waals surface area contributed by atoms with Gasteiger partial charge in [0.05, 0.1) is 0 Å². The van der Waals surface area contributed by atoms with Crippen LogP contribution in [0.1, 0.15) is 31.7 Å². The third-order valence-electron chi connectivity index (χ3n) is 2.29. The van der Waals surface area contributed by atoms with Crippen molar-refractivity contribution in [3.63, 3.8) is 0 Å². The van der Waals surface area contributed by atoms with Crippen LogP contribution in [-0.2, 0) is 4.79 Å². The van der Waals surface area contributed by atoms with Gasteiger partial charge in [0, 0.05) is 5.57 Å². The van der Waals surface area contributed by atoms with Crippen LogP contribution in [0.5, 0.6) is 5.75 Å². The number of carbonyl (C=O) groups excluding carboxylic acids is 1. The van der Waals surface area contributed by atoms with Gasteiger partial charge in [0.15, 0.2) is 0 Å². The highest BCUT2D eigenvalue weighted by Crippen LogP contribution is 2.17. The Bertz CT molecular complexity index is 379. The van der Waals surface area contributed by atoms with Crippen LogP contribution in [0, 0.1) is 0 Å². The third-order valence-corrected chi connectivity index (χ3v) is 2.53. The standard InChI is InChI=1S/C13H15ClO2/c1-2-3-4-11(13(14)16)9-10-5-7-12(15)8-6-10/h5-9,15H,2-4H2,1H3. The first-order valence-corrected chi connectivity index (χ1v) is 5.70. The first kappa shape index (κ1) is 12.8. The van der Waals surface area contributed by atoms with Crippen LogP contribution in [0.4, 0.5) is 0 Å². The minimum atomic E-state index is -0.401. The molecule has 0 unspecified atom stereocenters. The lowest BCUT2D eigenvalue weighted by Crippen LogP contribution is -1.93. The number of phenolic OH excluding ortho intramolecular Hbond substituents is 1. The van der Waals surface area contributed by atoms with Crippen molar-refractivity contribution >= 4 is 22.9 Å². The van der Waals surface area contributed by atoms with Crippen molar-refractivity contribution in [2.75, 3.05) is 0 Å². The van der Waals surface area contributed by atoms with Crippen molar-refractivity contribution < 1.29 is 9.90 Å². The highest BCUT2D eigenvalue weighted by molar-refractivity contribution is 6.68. The average Bonchev–Trinajstić information content (AvgIpc) is 2.26. The molecule has 0 atom stereocenters. The van der Waals surface area contributed by atoms with E-state index in [1.54, 1.807) is 30.3 Å². The molecule has 0 aliphatic heterocycles. The third kappa shape index (κ3) is 4.07. The van der Waals surface area contributed by atoms with Crippen molar-refractivity contribution in [1.29, 1.82) is 0 Å². The number of unbranched alkanes of at least 4 members (excludes halogenated alkanes) is 1. The van der Waals surface area contributed by atoms with Gasteiger partial charge in [-0.3, -0.25) is 4.79 Å². The molecule has 0 spiro atoms. The maximum Gasteiger partial charge on any atom is 0.248 e. The summed E-state index contributed by atoms with van der Waals surface area (Å²) >= 11 is 5.50. The first-order chi connectivity index (χ1) is 7.63. The van der Waals surface area contributed by atoms with Gasteiger partial charge in [-0.1, -0.05) is 25.5 Å². The summed E-state index contributed by atoms with van der Waals surface area (Å²) in [6, 6.07) is 6.67. The Kier molecular flexibility index (Phi) is 5.06. The van der Waals surface area contributed by atoms with Crippen LogP contribution in [0.15, 0.2) is 29.8 Å². The van der Waals surface area contributed by atoms with Gasteiger partial charge < -0.3 is 5.11 Å². The van der Waals surface area contributed by atoms with Gasteiger partial charge in [-0.05, 0) is 48.2 Å². The summed E-state index contributed by atoms with van der Waals surface area (Å²) in [6.45, 7) is 2.07. The lowest BCUT2D eigenvalue weighted by molar-refractivity contribution is -0.108. The van der Waals surface area contributed by atoms with Crippen LogP contribution in [0.3, 0.4) is 0 Å². The molecule has 0 saturated carbocycles. The Morgan fingerprint density at radius 1 is 1.38 bits per heavy atom. The molecule has 1 aromatic carbocycles. The number of aromatic hydroxyl groups is 1. The minimum Gasteiger partial charge on any atom is -0.508 e. The largest absolute Gasteiger partial charge is 0.508 e. The molecule has 0 aromatic heterocycles. The summed E-state index contributed by atoms with van der Waals surface area (Å²) in [5, 5.41) is 8.73. The zero-order valence-corrected chi connectivity index (χ0v) is 10.00. The normalized spacial score (nSPS) is 11.5. The molecule has 3 heteroatoms. The predicted molar refractivity (Wildman–Crippen MR) is 66.5 cm³/mol. The molecule has 2 nitrogen and oxygen atoms in total. The van der Waals surface area contributed by atoms with Crippen LogP contribution >= 0.6 is 11.6 Å². The monoisotopic (exact) mass is 238 g/mol. The first-order valence-electron chi connectivity index (χ1n) is 5.33. The maximum absolute atomic E-state index is 11.2. The van der Waals surface area contributed by atoms with Gasteiger partial charge in [-0.25, -0.2) is 0 Å². The van der Waals surface area contributed by atoms with Gasteiger partial charge in [0.2, 0.25) is 5.24 Å². The fourth-order valence-corrected chi connectivity index (χ4v) is 1.52. The molecule has 86 valence electrons. The summed E-state index contributed by atoms with van der Waals surface area (Å²) in [6.07, 6.45) is 4.43. The van der Waals surface area contributed by atoms with Gasteiger partial charge in [-0.15, -0.1) is 0 Å². The van der Waals surface area contributed by atoms with Crippen molar-refractivity contribution in [2.24, 2.45) is 0 Å². The molecular formula is C13H15ClO2. The number of hydrogen-bond acceptors (Lipinski definition) is 2. The van der Waals surface area contributed by atoms with Gasteiger partial charge in [0.25, 0.3) is 0 Å². The Morgan fingerprint density at radius 2 is 2.00 bits per heavy atom. The molecular weight excluding hydrogens is 224 g/mol. The summed E-state index contributed by atoms with van der Waals surface area (Å²) in [5.74, 6) is 0.212. The van der Waals surface area contributed by atoms with E-state index in [0.29, 0.717) is 12.0 Å². The summed E-state index contributed by atoms with van der Waals surface area (Å²) < 4.78 is 0. The Hall–Kier alpha value is -1.28. The molecule has 1 aromatic rings. The van der Waals surface area contributed by atoms with E-state index in [2.05, 4.69) is 6.92 Å². The van der Waals surface area contributed by atoms with E-state index < -0.39 is 5.24 Å². The minimum absolute atomic E-state index is 0.212. The van der Waals surface area contributed by atoms with Crippen LogP contribution in [-0.4, -0.2) is 10.3 Å². The lowest BCUT2D eigenvalue weighted by Gasteiger charge is -2.01. The molecule has 0 radical (unpaired) electrons. The Labute approximate surface area is 101 Å². The van der Waals surface area contributed by atoms with Crippen molar-refractivity contribution in [3.8, 4) is 5.75 Å². The molecule has 0 bridgehead atoms. The highest BCUT2D eigenvalue weighted by atomic mass is 35.5. The van der Waals surface area contributed by atoms with E-state index in [-0.39, 0.29) is 5.75 Å². The van der Waals surface area contributed by atoms with Crippen molar-refractivity contribution in [3.05, 3.63) is 35.4 Å². The molecule has 0 amide bonds. The van der Waals surface area contributed by atoms with E-state index in [9.17, 15) is 4.79 Å². The zero-order chi connectivity index (χ0) is 12.0. The van der Waals surface area contributed by atoms with Gasteiger partial charge in [0.1, 0.15) is 5.75 Å². The molecule has 1 N–H and O–H groups in total. The maximum atomic E-state index is 11.2. The summed E-state index contributed by atoms with van der Waals surface area (Å²) in [5.41, 5.74) is 1.49. The van der Waals surface area contributed by atoms with Crippen LogP contribution in [0.25, 0.3) is 6.08 Å². The van der Waals surface area contributed by atoms with Gasteiger partial charge in [-0.2, -0.15) is 0 Å². The van der Waals surface area contributed by atoms with Crippen molar-refractivity contribution in [1.82, 2.24) is 0 Å². The Balaban J connectivity index is 2.84. The number of carbonyl (C=O) groups is 1. The van der Waals surface area contributed by atoms with Crippen LogP contribution < -0.4 is 0 Å². The molecule has 0 saturated heterocycles. The smallest absolute Gasteiger partial charge is 0.248 e. The second-order valence-electron chi connectivity index (χ2n) is 3.64. The number of phenols is 1. The fourth-order valence-electron chi connectivity index (χ4n) is 1.37. The van der Waals surface area contributed by atoms with Crippen molar-refractivity contribution in [2.45, 2.75) is 26.2 Å². The molecule has 16 heavy (non-hydrogen) atoms. The average molecular weight is 239 g/mol. The number of halogens is 1. The Morgan fingerprint density at radius 3 is 2.50 bits per heavy atom. The number of hydrogen-bond donors (Lipinski definition) is 1. The van der Waals surface area contributed by atoms with E-state index >= 15 is 0 Å². The SMILES string of the molecule is CCCCC(=Cc1ccc(O)cc1)C(=O)Cl. The van der Waals surface area contributed by atoms with E-state index in [1.165, 1.54) is 0 Å². The fraction of sp³-hybridized carbons (Fsp3) is 0.308. The lowest BCUT2D eigenvalue weighted by atomic mass is 10.1. The molecule has 0 aliphatic rings. The van der Waals surface area contributed by atoms with E-state index in [1.807, 2.05) is 0 Å². The number of rotatable bonds is 5. The quantitative estimate of drug-likeness (QED) is 0.627. The van der Waals surface area contributed by atoms with E-state index in [0.717, 1.165) is 18.4 Å². The molecule has 0 aliphatic carbocycles. The van der Waals surface area contributed by atoms with E-state index in [4.69, 9.17) is 16.7 Å². The topological polar surface area (TPSA) is 37.3 Å². The second kappa shape index (κ2) is 6.33. The molecule has 0 fully saturated rings. The molecule has 1 rings (SSSR count). The number of benzene rings is 1. The second-order valence-corrected chi connectivity index (χ2v) is 3.98. The highest BCUT2D eigenvalue weighted by Gasteiger charge is 2.05. The number of allylic oxidation sites excluding steroid dienone is 1.